The molecule has 1 atom stereocenters. The highest BCUT2D eigenvalue weighted by Gasteiger charge is 2.14. The van der Waals surface area contributed by atoms with E-state index in [9.17, 15) is 0 Å². The number of nitrogens with two attached hydrogens (primary N) is 1. The van der Waals surface area contributed by atoms with Gasteiger partial charge in [0.05, 0.1) is 11.7 Å². The number of rotatable bonds is 8. The van der Waals surface area contributed by atoms with Crippen LogP contribution in [0.2, 0.25) is 0 Å². The number of aromatic nitrogens is 2. The first-order valence-electron chi connectivity index (χ1n) is 6.86. The number of allylic oxidation sites excluding steroid dienone is 1. The van der Waals surface area contributed by atoms with Gasteiger partial charge >= 0.3 is 0 Å². The van der Waals surface area contributed by atoms with Gasteiger partial charge in [0.2, 0.25) is 0 Å². The molecule has 0 aliphatic heterocycles. The molecule has 2 rings (SSSR count). The van der Waals surface area contributed by atoms with Gasteiger partial charge in [-0.2, -0.15) is 5.10 Å². The van der Waals surface area contributed by atoms with Crippen LogP contribution >= 0.6 is 0 Å². The van der Waals surface area contributed by atoms with Crippen molar-refractivity contribution in [3.8, 4) is 0 Å². The van der Waals surface area contributed by atoms with E-state index in [0.29, 0.717) is 0 Å². The molecule has 2 aromatic heterocycles. The van der Waals surface area contributed by atoms with Crippen LogP contribution in [0, 0.1) is 0 Å². The second kappa shape index (κ2) is 7.07. The van der Waals surface area contributed by atoms with E-state index in [4.69, 9.17) is 5.84 Å². The highest BCUT2D eigenvalue weighted by atomic mass is 15.3. The third kappa shape index (κ3) is 3.43. The van der Waals surface area contributed by atoms with E-state index in [0.717, 1.165) is 24.8 Å². The number of fused-ring (bicyclic) bond motifs is 1. The van der Waals surface area contributed by atoms with Crippen molar-refractivity contribution in [2.45, 2.75) is 38.1 Å². The molecule has 0 radical (unpaired) electrons. The molecule has 0 spiro atoms. The lowest BCUT2D eigenvalue weighted by Gasteiger charge is -2.14. The summed E-state index contributed by atoms with van der Waals surface area (Å²) in [6.07, 6.45) is 11.5. The van der Waals surface area contributed by atoms with Crippen LogP contribution in [-0.2, 0) is 0 Å². The summed E-state index contributed by atoms with van der Waals surface area (Å²) in [5.74, 6) is 5.69. The fourth-order valence-electron chi connectivity index (χ4n) is 2.37. The number of unbranched alkanes of at least 4 members (excludes halogenated alkanes) is 3. The van der Waals surface area contributed by atoms with Gasteiger partial charge in [0.15, 0.2) is 0 Å². The summed E-state index contributed by atoms with van der Waals surface area (Å²) < 4.78 is 1.89. The van der Waals surface area contributed by atoms with Gasteiger partial charge in [-0.15, -0.1) is 6.58 Å². The highest BCUT2D eigenvalue weighted by molar-refractivity contribution is 5.54. The third-order valence-corrected chi connectivity index (χ3v) is 3.43. The Labute approximate surface area is 114 Å². The first-order valence-corrected chi connectivity index (χ1v) is 6.86. The molecular formula is C15H22N4. The quantitative estimate of drug-likeness (QED) is 0.331. The van der Waals surface area contributed by atoms with Gasteiger partial charge in [0, 0.05) is 17.8 Å². The van der Waals surface area contributed by atoms with Crippen LogP contribution in [0.5, 0.6) is 0 Å². The zero-order valence-corrected chi connectivity index (χ0v) is 11.3. The Morgan fingerprint density at radius 3 is 3.05 bits per heavy atom. The summed E-state index contributed by atoms with van der Waals surface area (Å²) in [6.45, 7) is 3.74. The number of hydrazine groups is 1. The average Bonchev–Trinajstić information content (AvgIpc) is 2.87. The maximum Gasteiger partial charge on any atom is 0.0709 e. The summed E-state index contributed by atoms with van der Waals surface area (Å²) in [4.78, 5) is 0. The molecule has 0 aliphatic rings. The molecule has 1 unspecified atom stereocenters. The van der Waals surface area contributed by atoms with Crippen molar-refractivity contribution >= 4 is 5.52 Å². The normalized spacial score (nSPS) is 12.7. The summed E-state index contributed by atoms with van der Waals surface area (Å²) in [6, 6.07) is 6.25. The number of nitrogens with one attached hydrogen (secondary N) is 1. The Hall–Kier alpha value is -1.65. The monoisotopic (exact) mass is 258 g/mol. The standard InChI is InChI=1S/C15H22N4/c1-2-3-4-5-6-9-14(18-16)13-12-17-19-11-8-7-10-15(13)19/h2,7-8,10-12,14,18H,1,3-6,9,16H2. The minimum Gasteiger partial charge on any atom is -0.271 e. The predicted octanol–water partition coefficient (Wildman–Crippen LogP) is 2.98. The van der Waals surface area contributed by atoms with E-state index in [1.807, 2.05) is 35.1 Å². The largest absolute Gasteiger partial charge is 0.271 e. The van der Waals surface area contributed by atoms with E-state index in [1.54, 1.807) is 0 Å². The SMILES string of the molecule is C=CCCCCCC(NN)c1cnn2ccccc12. The van der Waals surface area contributed by atoms with Crippen molar-refractivity contribution in [3.63, 3.8) is 0 Å². The highest BCUT2D eigenvalue weighted by Crippen LogP contribution is 2.23. The lowest BCUT2D eigenvalue weighted by atomic mass is 10.0. The van der Waals surface area contributed by atoms with Crippen molar-refractivity contribution in [3.05, 3.63) is 48.8 Å². The van der Waals surface area contributed by atoms with Gasteiger partial charge in [-0.1, -0.05) is 25.0 Å². The molecule has 0 saturated heterocycles. The van der Waals surface area contributed by atoms with Crippen LogP contribution in [0.1, 0.15) is 43.7 Å². The van der Waals surface area contributed by atoms with Crippen LogP contribution in [-0.4, -0.2) is 9.61 Å². The molecule has 3 N–H and O–H groups in total. The number of pyridine rings is 1. The van der Waals surface area contributed by atoms with Gasteiger partial charge in [0.1, 0.15) is 0 Å². The predicted molar refractivity (Wildman–Crippen MR) is 78.5 cm³/mol. The zero-order chi connectivity index (χ0) is 13.5. The maximum atomic E-state index is 5.69. The van der Waals surface area contributed by atoms with Crippen LogP contribution in [0.15, 0.2) is 43.2 Å². The van der Waals surface area contributed by atoms with E-state index in [1.165, 1.54) is 18.4 Å². The minimum atomic E-state index is 0.170. The Balaban J connectivity index is 1.99. The molecule has 2 heterocycles. The molecule has 0 bridgehead atoms. The molecule has 0 aromatic carbocycles. The van der Waals surface area contributed by atoms with Crippen molar-refractivity contribution in [2.75, 3.05) is 0 Å². The number of nitrogens with zero attached hydrogens (tertiary/aromatic N) is 2. The molecule has 4 nitrogen and oxygen atoms in total. The van der Waals surface area contributed by atoms with Gasteiger partial charge < -0.3 is 0 Å². The summed E-state index contributed by atoms with van der Waals surface area (Å²) in [5.41, 5.74) is 5.21. The van der Waals surface area contributed by atoms with Crippen molar-refractivity contribution < 1.29 is 0 Å². The molecule has 4 heteroatoms. The molecule has 0 amide bonds. The lowest BCUT2D eigenvalue weighted by Crippen LogP contribution is -2.27. The third-order valence-electron chi connectivity index (χ3n) is 3.43. The maximum absolute atomic E-state index is 5.69. The minimum absolute atomic E-state index is 0.170. The van der Waals surface area contributed by atoms with Gasteiger partial charge in [-0.05, 0) is 31.4 Å². The topological polar surface area (TPSA) is 55.3 Å². The molecule has 0 saturated carbocycles. The van der Waals surface area contributed by atoms with Gasteiger partial charge in [-0.25, -0.2) is 4.52 Å². The van der Waals surface area contributed by atoms with E-state index < -0.39 is 0 Å². The molecule has 19 heavy (non-hydrogen) atoms. The van der Waals surface area contributed by atoms with Crippen molar-refractivity contribution in [1.82, 2.24) is 15.0 Å². The first-order chi connectivity index (χ1) is 9.36. The zero-order valence-electron chi connectivity index (χ0n) is 11.3. The second-order valence-corrected chi connectivity index (χ2v) is 4.78. The second-order valence-electron chi connectivity index (χ2n) is 4.78. The summed E-state index contributed by atoms with van der Waals surface area (Å²) in [5, 5.41) is 4.35. The fourth-order valence-corrected chi connectivity index (χ4v) is 2.37. The van der Waals surface area contributed by atoms with E-state index in [-0.39, 0.29) is 6.04 Å². The lowest BCUT2D eigenvalue weighted by molar-refractivity contribution is 0.486. The first kappa shape index (κ1) is 13.8. The van der Waals surface area contributed by atoms with Crippen LogP contribution in [0.3, 0.4) is 0 Å². The summed E-state index contributed by atoms with van der Waals surface area (Å²) in [7, 11) is 0. The molecule has 2 aromatic rings. The molecule has 0 aliphatic carbocycles. The van der Waals surface area contributed by atoms with E-state index in [2.05, 4.69) is 23.2 Å². The van der Waals surface area contributed by atoms with E-state index >= 15 is 0 Å². The fraction of sp³-hybridized carbons (Fsp3) is 0.400. The van der Waals surface area contributed by atoms with Crippen LogP contribution in [0.4, 0.5) is 0 Å². The van der Waals surface area contributed by atoms with Crippen molar-refractivity contribution in [2.24, 2.45) is 5.84 Å². The Bertz CT molecular complexity index is 518. The van der Waals surface area contributed by atoms with Crippen molar-refractivity contribution in [1.29, 1.82) is 0 Å². The van der Waals surface area contributed by atoms with Gasteiger partial charge in [0.25, 0.3) is 0 Å². The number of hydrogen-bond donors (Lipinski definition) is 2. The molecule has 0 fully saturated rings. The summed E-state index contributed by atoms with van der Waals surface area (Å²) >= 11 is 0. The Morgan fingerprint density at radius 2 is 2.26 bits per heavy atom. The Kier molecular flexibility index (Phi) is 5.12. The van der Waals surface area contributed by atoms with Gasteiger partial charge in [-0.3, -0.25) is 11.3 Å². The molecule has 102 valence electrons. The smallest absolute Gasteiger partial charge is 0.0709 e. The number of hydrogen-bond acceptors (Lipinski definition) is 3. The molecular weight excluding hydrogens is 236 g/mol. The van der Waals surface area contributed by atoms with Crippen LogP contribution < -0.4 is 11.3 Å². The van der Waals surface area contributed by atoms with Crippen LogP contribution in [0.25, 0.3) is 5.52 Å². The average molecular weight is 258 g/mol. The Morgan fingerprint density at radius 1 is 1.37 bits per heavy atom.